The number of carbonyl (C=O) groups excluding carboxylic acids is 1. The number of hydrogen-bond donors (Lipinski definition) is 2. The first-order chi connectivity index (χ1) is 11.5. The standard InChI is InChI=1S/C16H21BrN4O3/c1-18-15(11-8-20-21(2)9-11)16(22)19-7-10-5-13(23-3)14(24-4)6-12(10)17/h5-6,8-9,15,18H,7H2,1-4H3,(H,19,22). The van der Waals surface area contributed by atoms with Gasteiger partial charge in [0.05, 0.1) is 20.4 Å². The van der Waals surface area contributed by atoms with Crippen LogP contribution in [0, 0.1) is 0 Å². The maximum Gasteiger partial charge on any atom is 0.242 e. The van der Waals surface area contributed by atoms with Gasteiger partial charge < -0.3 is 20.1 Å². The number of nitrogens with one attached hydrogen (secondary N) is 2. The number of hydrogen-bond acceptors (Lipinski definition) is 5. The highest BCUT2D eigenvalue weighted by Gasteiger charge is 2.20. The van der Waals surface area contributed by atoms with Crippen molar-refractivity contribution in [1.82, 2.24) is 20.4 Å². The van der Waals surface area contributed by atoms with Gasteiger partial charge in [0, 0.05) is 29.8 Å². The highest BCUT2D eigenvalue weighted by molar-refractivity contribution is 9.10. The third-order valence-electron chi connectivity index (χ3n) is 3.61. The highest BCUT2D eigenvalue weighted by atomic mass is 79.9. The van der Waals surface area contributed by atoms with Crippen LogP contribution in [0.2, 0.25) is 0 Å². The zero-order valence-electron chi connectivity index (χ0n) is 14.1. The van der Waals surface area contributed by atoms with Crippen molar-refractivity contribution in [3.8, 4) is 11.5 Å². The fourth-order valence-corrected chi connectivity index (χ4v) is 2.82. The minimum atomic E-state index is -0.461. The molecule has 7 nitrogen and oxygen atoms in total. The Morgan fingerprint density at radius 3 is 2.54 bits per heavy atom. The number of likely N-dealkylation sites (N-methyl/N-ethyl adjacent to an activating group) is 1. The maximum atomic E-state index is 12.5. The van der Waals surface area contributed by atoms with Crippen LogP contribution in [0.1, 0.15) is 17.2 Å². The number of methoxy groups -OCH3 is 2. The molecule has 8 heteroatoms. The minimum absolute atomic E-state index is 0.132. The van der Waals surface area contributed by atoms with Crippen LogP contribution in [-0.2, 0) is 18.4 Å². The Kier molecular flexibility index (Phi) is 6.22. The van der Waals surface area contributed by atoms with Gasteiger partial charge in [0.1, 0.15) is 6.04 Å². The smallest absolute Gasteiger partial charge is 0.242 e. The van der Waals surface area contributed by atoms with Crippen LogP contribution >= 0.6 is 15.9 Å². The molecule has 0 saturated carbocycles. The summed E-state index contributed by atoms with van der Waals surface area (Å²) < 4.78 is 13.0. The Hall–Kier alpha value is -2.06. The van der Waals surface area contributed by atoms with Gasteiger partial charge in [-0.05, 0) is 24.7 Å². The van der Waals surface area contributed by atoms with Gasteiger partial charge in [-0.25, -0.2) is 0 Å². The number of halogens is 1. The predicted molar refractivity (Wildman–Crippen MR) is 94.1 cm³/mol. The minimum Gasteiger partial charge on any atom is -0.493 e. The van der Waals surface area contributed by atoms with Crippen molar-refractivity contribution in [2.75, 3.05) is 21.3 Å². The van der Waals surface area contributed by atoms with Gasteiger partial charge in [0.25, 0.3) is 0 Å². The first kappa shape index (κ1) is 18.3. The number of amides is 1. The molecule has 0 aliphatic rings. The number of carbonyl (C=O) groups is 1. The monoisotopic (exact) mass is 396 g/mol. The summed E-state index contributed by atoms with van der Waals surface area (Å²) >= 11 is 3.49. The number of aryl methyl sites for hydroxylation is 1. The molecule has 0 aliphatic heterocycles. The summed E-state index contributed by atoms with van der Waals surface area (Å²) in [5.74, 6) is 1.11. The Bertz CT molecular complexity index is 717. The molecule has 0 saturated heterocycles. The van der Waals surface area contributed by atoms with Gasteiger partial charge in [-0.2, -0.15) is 5.10 Å². The molecule has 0 bridgehead atoms. The van der Waals surface area contributed by atoms with Crippen LogP contribution < -0.4 is 20.1 Å². The summed E-state index contributed by atoms with van der Waals surface area (Å²) in [6.07, 6.45) is 3.49. The van der Waals surface area contributed by atoms with Gasteiger partial charge in [-0.15, -0.1) is 0 Å². The Labute approximate surface area is 149 Å². The predicted octanol–water partition coefficient (Wildman–Crippen LogP) is 1.78. The molecule has 1 atom stereocenters. The molecule has 2 rings (SSSR count). The lowest BCUT2D eigenvalue weighted by Gasteiger charge is -2.16. The van der Waals surface area contributed by atoms with E-state index < -0.39 is 6.04 Å². The van der Waals surface area contributed by atoms with E-state index in [0.29, 0.717) is 18.0 Å². The van der Waals surface area contributed by atoms with Crippen LogP contribution in [0.3, 0.4) is 0 Å². The van der Waals surface area contributed by atoms with E-state index in [1.54, 1.807) is 32.1 Å². The average Bonchev–Trinajstić information content (AvgIpc) is 3.00. The Morgan fingerprint density at radius 1 is 1.33 bits per heavy atom. The second-order valence-corrected chi connectivity index (χ2v) is 6.04. The Morgan fingerprint density at radius 2 is 2.00 bits per heavy atom. The fraction of sp³-hybridized carbons (Fsp3) is 0.375. The molecule has 1 heterocycles. The summed E-state index contributed by atoms with van der Waals surface area (Å²) in [6.45, 7) is 0.359. The molecule has 1 unspecified atom stereocenters. The molecule has 1 amide bonds. The van der Waals surface area contributed by atoms with Crippen molar-refractivity contribution in [2.45, 2.75) is 12.6 Å². The topological polar surface area (TPSA) is 77.4 Å². The fourth-order valence-electron chi connectivity index (χ4n) is 2.35. The van der Waals surface area contributed by atoms with Crippen molar-refractivity contribution in [1.29, 1.82) is 0 Å². The SMILES string of the molecule is CNC(C(=O)NCc1cc(OC)c(OC)cc1Br)c1cnn(C)c1. The van der Waals surface area contributed by atoms with Crippen molar-refractivity contribution >= 4 is 21.8 Å². The van der Waals surface area contributed by atoms with Crippen molar-refractivity contribution < 1.29 is 14.3 Å². The molecule has 0 aliphatic carbocycles. The number of ether oxygens (including phenoxy) is 2. The summed E-state index contributed by atoms with van der Waals surface area (Å²) in [7, 11) is 6.71. The van der Waals surface area contributed by atoms with Crippen LogP contribution in [0.4, 0.5) is 0 Å². The lowest BCUT2D eigenvalue weighted by Crippen LogP contribution is -2.35. The van der Waals surface area contributed by atoms with Gasteiger partial charge >= 0.3 is 0 Å². The zero-order valence-corrected chi connectivity index (χ0v) is 15.7. The third kappa shape index (κ3) is 4.07. The molecule has 130 valence electrons. The summed E-state index contributed by atoms with van der Waals surface area (Å²) in [5, 5.41) is 10.0. The van der Waals surface area contributed by atoms with Gasteiger partial charge in [0.15, 0.2) is 11.5 Å². The van der Waals surface area contributed by atoms with Gasteiger partial charge in [0.2, 0.25) is 5.91 Å². The van der Waals surface area contributed by atoms with Crippen molar-refractivity contribution in [3.63, 3.8) is 0 Å². The lowest BCUT2D eigenvalue weighted by molar-refractivity contribution is -0.123. The molecule has 0 radical (unpaired) electrons. The number of rotatable bonds is 7. The van der Waals surface area contributed by atoms with E-state index in [0.717, 1.165) is 15.6 Å². The Balaban J connectivity index is 2.10. The third-order valence-corrected chi connectivity index (χ3v) is 4.35. The molecule has 24 heavy (non-hydrogen) atoms. The van der Waals surface area contributed by atoms with E-state index in [1.807, 2.05) is 25.4 Å². The van der Waals surface area contributed by atoms with Crippen molar-refractivity contribution in [3.05, 3.63) is 40.1 Å². The number of benzene rings is 1. The molecule has 1 aromatic carbocycles. The highest BCUT2D eigenvalue weighted by Crippen LogP contribution is 2.33. The summed E-state index contributed by atoms with van der Waals surface area (Å²) in [4.78, 5) is 12.5. The van der Waals surface area contributed by atoms with Crippen LogP contribution in [0.5, 0.6) is 11.5 Å². The molecule has 0 spiro atoms. The largest absolute Gasteiger partial charge is 0.493 e. The first-order valence-electron chi connectivity index (χ1n) is 7.34. The average molecular weight is 397 g/mol. The summed E-state index contributed by atoms with van der Waals surface area (Å²) in [6, 6.07) is 3.19. The van der Waals surface area contributed by atoms with E-state index >= 15 is 0 Å². The van der Waals surface area contributed by atoms with E-state index in [1.165, 1.54) is 0 Å². The number of nitrogens with zero attached hydrogens (tertiary/aromatic N) is 2. The molecule has 2 N–H and O–H groups in total. The second-order valence-electron chi connectivity index (χ2n) is 5.19. The number of aromatic nitrogens is 2. The maximum absolute atomic E-state index is 12.5. The van der Waals surface area contributed by atoms with E-state index in [-0.39, 0.29) is 5.91 Å². The van der Waals surface area contributed by atoms with Gasteiger partial charge in [-0.1, -0.05) is 15.9 Å². The molecule has 1 aromatic heterocycles. The van der Waals surface area contributed by atoms with E-state index in [4.69, 9.17) is 9.47 Å². The quantitative estimate of drug-likeness (QED) is 0.745. The normalized spacial score (nSPS) is 11.9. The van der Waals surface area contributed by atoms with Crippen LogP contribution in [-0.4, -0.2) is 37.0 Å². The van der Waals surface area contributed by atoms with E-state index in [2.05, 4.69) is 31.7 Å². The molecular formula is C16H21BrN4O3. The van der Waals surface area contributed by atoms with Gasteiger partial charge in [-0.3, -0.25) is 9.48 Å². The van der Waals surface area contributed by atoms with Crippen LogP contribution in [0.15, 0.2) is 29.0 Å². The summed E-state index contributed by atoms with van der Waals surface area (Å²) in [5.41, 5.74) is 1.70. The first-order valence-corrected chi connectivity index (χ1v) is 8.13. The van der Waals surface area contributed by atoms with Crippen molar-refractivity contribution in [2.24, 2.45) is 7.05 Å². The zero-order chi connectivity index (χ0) is 17.7. The molecule has 2 aromatic rings. The lowest BCUT2D eigenvalue weighted by atomic mass is 10.1. The molecule has 0 fully saturated rings. The van der Waals surface area contributed by atoms with E-state index in [9.17, 15) is 4.79 Å². The van der Waals surface area contributed by atoms with Crippen LogP contribution in [0.25, 0.3) is 0 Å². The molecular weight excluding hydrogens is 376 g/mol. The second kappa shape index (κ2) is 8.16.